The van der Waals surface area contributed by atoms with Crippen LogP contribution in [0.5, 0.6) is 0 Å². The zero-order chi connectivity index (χ0) is 12.8. The topological polar surface area (TPSA) is 34.1 Å². The second-order valence-electron chi connectivity index (χ2n) is 3.99. The third-order valence-corrected chi connectivity index (χ3v) is 2.68. The summed E-state index contributed by atoms with van der Waals surface area (Å²) >= 11 is 0. The largest absolute Gasteiger partial charge is 0.291 e. The van der Waals surface area contributed by atoms with Crippen LogP contribution in [-0.4, -0.2) is 11.6 Å². The molecule has 0 unspecified atom stereocenters. The van der Waals surface area contributed by atoms with Crippen LogP contribution >= 0.6 is 0 Å². The summed E-state index contributed by atoms with van der Waals surface area (Å²) in [6.07, 6.45) is 3.65. The highest BCUT2D eigenvalue weighted by molar-refractivity contribution is 6.53. The van der Waals surface area contributed by atoms with E-state index >= 15 is 0 Å². The highest BCUT2D eigenvalue weighted by atomic mass is 16.2. The smallest absolute Gasteiger partial charge is 0.228 e. The van der Waals surface area contributed by atoms with Crippen LogP contribution in [0.2, 0.25) is 0 Å². The first-order valence-electron chi connectivity index (χ1n) is 5.91. The summed E-state index contributed by atoms with van der Waals surface area (Å²) in [6, 6.07) is 7.77. The van der Waals surface area contributed by atoms with Crippen molar-refractivity contribution in [1.82, 2.24) is 0 Å². The third-order valence-electron chi connectivity index (χ3n) is 2.68. The predicted molar refractivity (Wildman–Crippen MR) is 69.8 cm³/mol. The van der Waals surface area contributed by atoms with Crippen LogP contribution in [0.3, 0.4) is 0 Å². The van der Waals surface area contributed by atoms with Crippen LogP contribution in [0.25, 0.3) is 5.57 Å². The Hall–Kier alpha value is -1.70. The fraction of sp³-hybridized carbons (Fsp3) is 0.333. The third kappa shape index (κ3) is 3.13. The van der Waals surface area contributed by atoms with E-state index < -0.39 is 11.6 Å². The molecular weight excluding hydrogens is 212 g/mol. The highest BCUT2D eigenvalue weighted by Crippen LogP contribution is 2.21. The molecule has 1 aromatic rings. The van der Waals surface area contributed by atoms with Crippen LogP contribution in [-0.2, 0) is 16.0 Å². The van der Waals surface area contributed by atoms with E-state index in [0.29, 0.717) is 5.57 Å². The minimum Gasteiger partial charge on any atom is -0.291 e. The molecule has 90 valence electrons. The molecule has 0 aromatic heterocycles. The molecule has 0 radical (unpaired) electrons. The Bertz CT molecular complexity index is 456. The number of ketones is 2. The molecular formula is C15H18O2. The van der Waals surface area contributed by atoms with Crippen molar-refractivity contribution in [2.45, 2.75) is 33.6 Å². The SMILES string of the molecule is C/C=C(/C(=O)C(C)=O)c1ccccc1CCC. The molecule has 17 heavy (non-hydrogen) atoms. The Morgan fingerprint density at radius 1 is 1.24 bits per heavy atom. The summed E-state index contributed by atoms with van der Waals surface area (Å²) in [7, 11) is 0. The number of rotatable bonds is 5. The lowest BCUT2D eigenvalue weighted by atomic mass is 9.93. The molecule has 2 nitrogen and oxygen atoms in total. The summed E-state index contributed by atoms with van der Waals surface area (Å²) in [4.78, 5) is 23.0. The van der Waals surface area contributed by atoms with Gasteiger partial charge in [-0.2, -0.15) is 0 Å². The average Bonchev–Trinajstić information content (AvgIpc) is 2.32. The number of hydrogen-bond donors (Lipinski definition) is 0. The van der Waals surface area contributed by atoms with Crippen LogP contribution in [0.15, 0.2) is 30.3 Å². The van der Waals surface area contributed by atoms with E-state index in [0.717, 1.165) is 24.0 Å². The maximum absolute atomic E-state index is 11.8. The van der Waals surface area contributed by atoms with E-state index in [1.54, 1.807) is 13.0 Å². The van der Waals surface area contributed by atoms with Crippen molar-refractivity contribution in [2.24, 2.45) is 0 Å². The molecule has 0 heterocycles. The van der Waals surface area contributed by atoms with Gasteiger partial charge in [0.25, 0.3) is 0 Å². The molecule has 0 fully saturated rings. The molecule has 0 spiro atoms. The van der Waals surface area contributed by atoms with Crippen LogP contribution in [0.1, 0.15) is 38.3 Å². The zero-order valence-corrected chi connectivity index (χ0v) is 10.6. The van der Waals surface area contributed by atoms with E-state index in [9.17, 15) is 9.59 Å². The van der Waals surface area contributed by atoms with Gasteiger partial charge in [-0.1, -0.05) is 43.7 Å². The molecule has 0 bridgehead atoms. The number of benzene rings is 1. The molecule has 0 amide bonds. The van der Waals surface area contributed by atoms with Gasteiger partial charge in [-0.15, -0.1) is 0 Å². The lowest BCUT2D eigenvalue weighted by Crippen LogP contribution is -2.12. The molecule has 0 aliphatic heterocycles. The number of hydrogen-bond acceptors (Lipinski definition) is 2. The van der Waals surface area contributed by atoms with Gasteiger partial charge in [0.05, 0.1) is 0 Å². The first-order chi connectivity index (χ1) is 8.11. The van der Waals surface area contributed by atoms with Crippen LogP contribution < -0.4 is 0 Å². The standard InChI is InChI=1S/C15H18O2/c1-4-8-12-9-6-7-10-14(12)13(5-2)15(17)11(3)16/h5-7,9-10H,4,8H2,1-3H3/b13-5+. The van der Waals surface area contributed by atoms with Crippen molar-refractivity contribution in [1.29, 1.82) is 0 Å². The molecule has 0 atom stereocenters. The van der Waals surface area contributed by atoms with E-state index in [2.05, 4.69) is 6.92 Å². The van der Waals surface area contributed by atoms with Gasteiger partial charge in [-0.25, -0.2) is 0 Å². The zero-order valence-electron chi connectivity index (χ0n) is 10.6. The Kier molecular flexibility index (Phi) is 4.83. The van der Waals surface area contributed by atoms with Gasteiger partial charge < -0.3 is 0 Å². The lowest BCUT2D eigenvalue weighted by Gasteiger charge is -2.10. The quantitative estimate of drug-likeness (QED) is 0.575. The lowest BCUT2D eigenvalue weighted by molar-refractivity contribution is -0.131. The Labute approximate surface area is 102 Å². The first kappa shape index (κ1) is 13.4. The van der Waals surface area contributed by atoms with Crippen LogP contribution in [0.4, 0.5) is 0 Å². The summed E-state index contributed by atoms with van der Waals surface area (Å²) in [5, 5.41) is 0. The first-order valence-corrected chi connectivity index (χ1v) is 5.91. The summed E-state index contributed by atoms with van der Waals surface area (Å²) in [5.41, 5.74) is 2.52. The van der Waals surface area contributed by atoms with Gasteiger partial charge in [0.15, 0.2) is 5.78 Å². The minimum atomic E-state index is -0.413. The van der Waals surface area contributed by atoms with Crippen molar-refractivity contribution in [3.05, 3.63) is 41.5 Å². The van der Waals surface area contributed by atoms with Crippen molar-refractivity contribution >= 4 is 17.1 Å². The van der Waals surface area contributed by atoms with Crippen molar-refractivity contribution in [2.75, 3.05) is 0 Å². The van der Waals surface area contributed by atoms with Gasteiger partial charge in [-0.3, -0.25) is 9.59 Å². The second-order valence-corrected chi connectivity index (χ2v) is 3.99. The monoisotopic (exact) mass is 230 g/mol. The summed E-state index contributed by atoms with van der Waals surface area (Å²) < 4.78 is 0. The van der Waals surface area contributed by atoms with E-state index in [-0.39, 0.29) is 0 Å². The molecule has 0 saturated heterocycles. The number of carbonyl (C=O) groups is 2. The van der Waals surface area contributed by atoms with Crippen molar-refractivity contribution < 1.29 is 9.59 Å². The second kappa shape index (κ2) is 6.14. The average molecular weight is 230 g/mol. The molecule has 0 aliphatic rings. The minimum absolute atomic E-state index is 0.406. The van der Waals surface area contributed by atoms with Gasteiger partial charge >= 0.3 is 0 Å². The van der Waals surface area contributed by atoms with Crippen LogP contribution in [0, 0.1) is 0 Å². The number of aryl methyl sites for hydroxylation is 1. The Morgan fingerprint density at radius 2 is 1.88 bits per heavy atom. The number of Topliss-reactive ketones (excluding diaryl/α,β-unsaturated/α-hetero) is 2. The normalized spacial score (nSPS) is 11.4. The van der Waals surface area contributed by atoms with E-state index in [4.69, 9.17) is 0 Å². The number of carbonyl (C=O) groups excluding carboxylic acids is 2. The maximum atomic E-state index is 11.8. The fourth-order valence-corrected chi connectivity index (χ4v) is 1.87. The predicted octanol–water partition coefficient (Wildman–Crippen LogP) is 3.20. The number of allylic oxidation sites excluding steroid dienone is 2. The highest BCUT2D eigenvalue weighted by Gasteiger charge is 2.17. The molecule has 1 aromatic carbocycles. The van der Waals surface area contributed by atoms with Gasteiger partial charge in [0.2, 0.25) is 5.78 Å². The molecule has 0 saturated carbocycles. The Balaban J connectivity index is 3.21. The van der Waals surface area contributed by atoms with Gasteiger partial charge in [0.1, 0.15) is 0 Å². The molecule has 1 rings (SSSR count). The van der Waals surface area contributed by atoms with Gasteiger partial charge in [0, 0.05) is 12.5 Å². The van der Waals surface area contributed by atoms with Gasteiger partial charge in [-0.05, 0) is 24.5 Å². The molecule has 2 heteroatoms. The fourth-order valence-electron chi connectivity index (χ4n) is 1.87. The van der Waals surface area contributed by atoms with Crippen molar-refractivity contribution in [3.63, 3.8) is 0 Å². The molecule has 0 N–H and O–H groups in total. The summed E-state index contributed by atoms with van der Waals surface area (Å²) in [6.45, 7) is 5.20. The van der Waals surface area contributed by atoms with E-state index in [1.165, 1.54) is 6.92 Å². The van der Waals surface area contributed by atoms with E-state index in [1.807, 2.05) is 24.3 Å². The summed E-state index contributed by atoms with van der Waals surface area (Å²) in [5.74, 6) is -0.819. The molecule has 0 aliphatic carbocycles. The van der Waals surface area contributed by atoms with Crippen molar-refractivity contribution in [3.8, 4) is 0 Å². The maximum Gasteiger partial charge on any atom is 0.228 e. The Morgan fingerprint density at radius 3 is 2.41 bits per heavy atom.